The van der Waals surface area contributed by atoms with Crippen LogP contribution in [0.5, 0.6) is 0 Å². The number of aryl methyl sites for hydroxylation is 1. The molecule has 0 unspecified atom stereocenters. The van der Waals surface area contributed by atoms with Crippen molar-refractivity contribution in [1.82, 2.24) is 9.29 Å². The van der Waals surface area contributed by atoms with Gasteiger partial charge in [0.1, 0.15) is 5.82 Å². The molecule has 2 heterocycles. The molecule has 27 heavy (non-hydrogen) atoms. The average molecular weight is 385 g/mol. The van der Waals surface area contributed by atoms with Gasteiger partial charge in [-0.15, -0.1) is 0 Å². The van der Waals surface area contributed by atoms with Crippen molar-refractivity contribution in [3.8, 4) is 0 Å². The Morgan fingerprint density at radius 3 is 2.44 bits per heavy atom. The second kappa shape index (κ2) is 6.90. The summed E-state index contributed by atoms with van der Waals surface area (Å²) in [6.07, 6.45) is 1.67. The third kappa shape index (κ3) is 3.17. The molecule has 7 heteroatoms. The van der Waals surface area contributed by atoms with Crippen LogP contribution >= 0.6 is 0 Å². The van der Waals surface area contributed by atoms with Gasteiger partial charge in [0.15, 0.2) is 0 Å². The van der Waals surface area contributed by atoms with Gasteiger partial charge < -0.3 is 4.90 Å². The zero-order valence-corrected chi connectivity index (χ0v) is 15.8. The molecule has 1 aromatic heterocycles. The number of fused-ring (bicyclic) bond motifs is 1. The van der Waals surface area contributed by atoms with Gasteiger partial charge in [-0.25, -0.2) is 12.8 Å². The first-order chi connectivity index (χ1) is 13.0. The number of nitrogens with zero attached hydrogens (tertiary/aromatic N) is 3. The summed E-state index contributed by atoms with van der Waals surface area (Å²) in [6.45, 7) is 3.43. The highest BCUT2D eigenvalue weighted by Crippen LogP contribution is 2.28. The number of sulfonamides is 1. The fourth-order valence-corrected chi connectivity index (χ4v) is 5.13. The molecule has 0 aliphatic carbocycles. The minimum absolute atomic E-state index is 0.274. The molecule has 1 fully saturated rings. The van der Waals surface area contributed by atoms with Crippen molar-refractivity contribution in [2.45, 2.75) is 11.8 Å². The number of piperazine rings is 1. The Morgan fingerprint density at radius 1 is 0.963 bits per heavy atom. The smallest absolute Gasteiger partial charge is 0.243 e. The molecule has 4 rings (SSSR count). The molecule has 0 spiro atoms. The van der Waals surface area contributed by atoms with Gasteiger partial charge >= 0.3 is 0 Å². The lowest BCUT2D eigenvalue weighted by atomic mass is 10.1. The van der Waals surface area contributed by atoms with Gasteiger partial charge in [0.05, 0.1) is 16.1 Å². The van der Waals surface area contributed by atoms with Crippen LogP contribution < -0.4 is 4.90 Å². The van der Waals surface area contributed by atoms with Crippen molar-refractivity contribution >= 4 is 26.6 Å². The summed E-state index contributed by atoms with van der Waals surface area (Å²) in [6, 6.07) is 13.6. The van der Waals surface area contributed by atoms with Gasteiger partial charge in [0, 0.05) is 37.8 Å². The lowest BCUT2D eigenvalue weighted by Crippen LogP contribution is -2.48. The SMILES string of the molecule is Cc1ccc(S(=O)(=O)N2CCN(c3ccccc3F)CC2)c2cccnc12. The third-order valence-corrected chi connectivity index (χ3v) is 6.94. The monoisotopic (exact) mass is 385 g/mol. The molecule has 1 saturated heterocycles. The van der Waals surface area contributed by atoms with Crippen LogP contribution in [0, 0.1) is 12.7 Å². The van der Waals surface area contributed by atoms with E-state index in [1.807, 2.05) is 11.8 Å². The fourth-order valence-electron chi connectivity index (χ4n) is 3.53. The van der Waals surface area contributed by atoms with E-state index < -0.39 is 10.0 Å². The quantitative estimate of drug-likeness (QED) is 0.695. The Kier molecular flexibility index (Phi) is 4.57. The Bertz CT molecular complexity index is 1090. The molecule has 0 atom stereocenters. The molecule has 0 radical (unpaired) electrons. The van der Waals surface area contributed by atoms with Crippen LogP contribution in [0.15, 0.2) is 59.6 Å². The molecule has 1 aliphatic heterocycles. The Morgan fingerprint density at radius 2 is 1.70 bits per heavy atom. The first-order valence-electron chi connectivity index (χ1n) is 8.82. The molecule has 0 bridgehead atoms. The maximum atomic E-state index is 14.0. The van der Waals surface area contributed by atoms with E-state index in [0.29, 0.717) is 42.8 Å². The first kappa shape index (κ1) is 17.9. The number of rotatable bonds is 3. The van der Waals surface area contributed by atoms with E-state index in [-0.39, 0.29) is 10.7 Å². The van der Waals surface area contributed by atoms with Crippen LogP contribution in [-0.2, 0) is 10.0 Å². The lowest BCUT2D eigenvalue weighted by Gasteiger charge is -2.35. The maximum Gasteiger partial charge on any atom is 0.243 e. The maximum absolute atomic E-state index is 14.0. The first-order valence-corrected chi connectivity index (χ1v) is 10.3. The van der Waals surface area contributed by atoms with Crippen molar-refractivity contribution in [3.05, 3.63) is 66.1 Å². The van der Waals surface area contributed by atoms with E-state index in [0.717, 1.165) is 5.56 Å². The fraction of sp³-hybridized carbons (Fsp3) is 0.250. The van der Waals surface area contributed by atoms with Crippen LogP contribution in [-0.4, -0.2) is 43.9 Å². The normalized spacial score (nSPS) is 16.0. The Balaban J connectivity index is 1.62. The Labute approximate surface area is 158 Å². The number of hydrogen-bond acceptors (Lipinski definition) is 4. The highest BCUT2D eigenvalue weighted by atomic mass is 32.2. The van der Waals surface area contributed by atoms with Gasteiger partial charge in [-0.05, 0) is 42.8 Å². The molecular formula is C20H20FN3O2S. The average Bonchev–Trinajstić information content (AvgIpc) is 2.69. The van der Waals surface area contributed by atoms with Gasteiger partial charge in [-0.1, -0.05) is 18.2 Å². The minimum Gasteiger partial charge on any atom is -0.367 e. The van der Waals surface area contributed by atoms with Gasteiger partial charge in [-0.2, -0.15) is 4.31 Å². The summed E-state index contributed by atoms with van der Waals surface area (Å²) in [5, 5.41) is 0.633. The summed E-state index contributed by atoms with van der Waals surface area (Å²) in [5.41, 5.74) is 2.15. The molecule has 1 aliphatic rings. The van der Waals surface area contributed by atoms with Crippen molar-refractivity contribution in [2.75, 3.05) is 31.1 Å². The highest BCUT2D eigenvalue weighted by Gasteiger charge is 2.30. The number of pyridine rings is 1. The lowest BCUT2D eigenvalue weighted by molar-refractivity contribution is 0.383. The zero-order valence-electron chi connectivity index (χ0n) is 15.0. The predicted molar refractivity (Wildman–Crippen MR) is 104 cm³/mol. The molecule has 2 aromatic carbocycles. The minimum atomic E-state index is -3.65. The molecule has 5 nitrogen and oxygen atoms in total. The molecule has 140 valence electrons. The second-order valence-electron chi connectivity index (χ2n) is 6.62. The zero-order chi connectivity index (χ0) is 19.0. The Hall–Kier alpha value is -2.51. The van der Waals surface area contributed by atoms with Crippen LogP contribution in [0.4, 0.5) is 10.1 Å². The van der Waals surface area contributed by atoms with E-state index in [1.165, 1.54) is 10.4 Å². The number of hydrogen-bond donors (Lipinski definition) is 0. The number of para-hydroxylation sites is 1. The molecule has 0 N–H and O–H groups in total. The van der Waals surface area contributed by atoms with Crippen molar-refractivity contribution < 1.29 is 12.8 Å². The van der Waals surface area contributed by atoms with Gasteiger partial charge in [-0.3, -0.25) is 4.98 Å². The molecule has 3 aromatic rings. The van der Waals surface area contributed by atoms with Crippen molar-refractivity contribution in [2.24, 2.45) is 0 Å². The van der Waals surface area contributed by atoms with Crippen LogP contribution in [0.25, 0.3) is 10.9 Å². The van der Waals surface area contributed by atoms with E-state index in [4.69, 9.17) is 0 Å². The van der Waals surface area contributed by atoms with E-state index in [1.54, 1.807) is 48.7 Å². The second-order valence-corrected chi connectivity index (χ2v) is 8.53. The molecule has 0 amide bonds. The van der Waals surface area contributed by atoms with Crippen LogP contribution in [0.2, 0.25) is 0 Å². The van der Waals surface area contributed by atoms with Crippen molar-refractivity contribution in [1.29, 1.82) is 0 Å². The summed E-state index contributed by atoms with van der Waals surface area (Å²) in [7, 11) is -3.65. The van der Waals surface area contributed by atoms with E-state index in [2.05, 4.69) is 4.98 Å². The summed E-state index contributed by atoms with van der Waals surface area (Å²) >= 11 is 0. The number of aromatic nitrogens is 1. The van der Waals surface area contributed by atoms with E-state index >= 15 is 0 Å². The standard InChI is InChI=1S/C20H20FN3O2S/c1-15-8-9-19(16-5-4-10-22-20(15)16)27(25,26)24-13-11-23(12-14-24)18-7-3-2-6-17(18)21/h2-10H,11-14H2,1H3. The number of halogens is 1. The number of benzene rings is 2. The summed E-state index contributed by atoms with van der Waals surface area (Å²) in [4.78, 5) is 6.49. The predicted octanol–water partition coefficient (Wildman–Crippen LogP) is 3.19. The van der Waals surface area contributed by atoms with Gasteiger partial charge in [0.2, 0.25) is 10.0 Å². The highest BCUT2D eigenvalue weighted by molar-refractivity contribution is 7.89. The van der Waals surface area contributed by atoms with Gasteiger partial charge in [0.25, 0.3) is 0 Å². The number of anilines is 1. The summed E-state index contributed by atoms with van der Waals surface area (Å²) < 4.78 is 41.9. The molecule has 0 saturated carbocycles. The van der Waals surface area contributed by atoms with Crippen LogP contribution in [0.1, 0.15) is 5.56 Å². The molecular weight excluding hydrogens is 365 g/mol. The largest absolute Gasteiger partial charge is 0.367 e. The van der Waals surface area contributed by atoms with Crippen LogP contribution in [0.3, 0.4) is 0 Å². The third-order valence-electron chi connectivity index (χ3n) is 4.98. The summed E-state index contributed by atoms with van der Waals surface area (Å²) in [5.74, 6) is -0.288. The topological polar surface area (TPSA) is 53.5 Å². The van der Waals surface area contributed by atoms with E-state index in [9.17, 15) is 12.8 Å². The van der Waals surface area contributed by atoms with Crippen molar-refractivity contribution in [3.63, 3.8) is 0 Å².